The van der Waals surface area contributed by atoms with E-state index in [9.17, 15) is 4.79 Å². The van der Waals surface area contributed by atoms with Crippen LogP contribution in [-0.2, 0) is 4.74 Å². The molecule has 1 rings (SSSR count). The highest BCUT2D eigenvalue weighted by Gasteiger charge is 2.11. The van der Waals surface area contributed by atoms with E-state index in [1.807, 2.05) is 22.6 Å². The maximum absolute atomic E-state index is 11.0. The van der Waals surface area contributed by atoms with Gasteiger partial charge in [0.25, 0.3) is 0 Å². The number of aromatic hydroxyl groups is 1. The minimum absolute atomic E-state index is 0.0343. The summed E-state index contributed by atoms with van der Waals surface area (Å²) in [7, 11) is 1.28. The van der Waals surface area contributed by atoms with Gasteiger partial charge in [-0.1, -0.05) is 0 Å². The Balaban J connectivity index is 3.09. The number of carbonyl (C=O) groups is 1. The lowest BCUT2D eigenvalue weighted by molar-refractivity contribution is 0.0592. The molecule has 0 amide bonds. The molecule has 12 heavy (non-hydrogen) atoms. The van der Waals surface area contributed by atoms with E-state index in [-0.39, 0.29) is 11.4 Å². The Morgan fingerprint density at radius 2 is 2.42 bits per heavy atom. The van der Waals surface area contributed by atoms with Crippen molar-refractivity contribution in [1.29, 1.82) is 0 Å². The van der Waals surface area contributed by atoms with Crippen LogP contribution in [0.5, 0.6) is 5.75 Å². The summed E-state index contributed by atoms with van der Waals surface area (Å²) in [5.74, 6) is -0.466. The van der Waals surface area contributed by atoms with Gasteiger partial charge in [-0.25, -0.2) is 9.78 Å². The SMILES string of the molecule is COC(=O)c1ncc(O)cc1I. The minimum atomic E-state index is -0.501. The summed E-state index contributed by atoms with van der Waals surface area (Å²) in [5.41, 5.74) is 0.218. The predicted molar refractivity (Wildman–Crippen MR) is 50.0 cm³/mol. The normalized spacial score (nSPS) is 9.50. The summed E-state index contributed by atoms with van der Waals surface area (Å²) in [4.78, 5) is 14.7. The van der Waals surface area contributed by atoms with E-state index in [4.69, 9.17) is 5.11 Å². The highest BCUT2D eigenvalue weighted by molar-refractivity contribution is 14.1. The van der Waals surface area contributed by atoms with Gasteiger partial charge in [-0.15, -0.1) is 0 Å². The summed E-state index contributed by atoms with van der Waals surface area (Å²) in [6, 6.07) is 1.44. The van der Waals surface area contributed by atoms with Crippen LogP contribution in [0.3, 0.4) is 0 Å². The van der Waals surface area contributed by atoms with Crippen molar-refractivity contribution in [2.24, 2.45) is 0 Å². The van der Waals surface area contributed by atoms with Gasteiger partial charge in [0.15, 0.2) is 5.69 Å². The van der Waals surface area contributed by atoms with Crippen LogP contribution < -0.4 is 0 Å². The standard InChI is InChI=1S/C7H6INO3/c1-12-7(11)6-5(8)2-4(10)3-9-6/h2-3,10H,1H3. The van der Waals surface area contributed by atoms with E-state index >= 15 is 0 Å². The maximum atomic E-state index is 11.0. The molecule has 0 unspecified atom stereocenters. The summed E-state index contributed by atoms with van der Waals surface area (Å²) < 4.78 is 5.04. The zero-order valence-electron chi connectivity index (χ0n) is 6.24. The Morgan fingerprint density at radius 1 is 1.75 bits per heavy atom. The Hall–Kier alpha value is -0.850. The van der Waals surface area contributed by atoms with Crippen molar-refractivity contribution in [3.8, 4) is 5.75 Å². The second-order valence-electron chi connectivity index (χ2n) is 2.02. The van der Waals surface area contributed by atoms with Gasteiger partial charge in [0, 0.05) is 3.57 Å². The first-order valence-electron chi connectivity index (χ1n) is 3.08. The average Bonchev–Trinajstić information content (AvgIpc) is 2.03. The monoisotopic (exact) mass is 279 g/mol. The average molecular weight is 279 g/mol. The highest BCUT2D eigenvalue weighted by atomic mass is 127. The number of hydrogen-bond donors (Lipinski definition) is 1. The molecule has 1 heterocycles. The molecule has 4 nitrogen and oxygen atoms in total. The molecule has 1 aromatic rings. The molecular weight excluding hydrogens is 273 g/mol. The van der Waals surface area contributed by atoms with Crippen LogP contribution in [0.25, 0.3) is 0 Å². The molecule has 0 saturated carbocycles. The number of pyridine rings is 1. The largest absolute Gasteiger partial charge is 0.506 e. The quantitative estimate of drug-likeness (QED) is 0.619. The lowest BCUT2D eigenvalue weighted by Gasteiger charge is -2.00. The van der Waals surface area contributed by atoms with Crippen molar-refractivity contribution in [3.05, 3.63) is 21.5 Å². The lowest BCUT2D eigenvalue weighted by Crippen LogP contribution is -2.06. The fourth-order valence-corrected chi connectivity index (χ4v) is 1.35. The summed E-state index contributed by atoms with van der Waals surface area (Å²) in [6.07, 6.45) is 1.20. The third kappa shape index (κ3) is 1.84. The highest BCUT2D eigenvalue weighted by Crippen LogP contribution is 2.15. The Labute approximate surface area is 82.7 Å². The Morgan fingerprint density at radius 3 is 2.92 bits per heavy atom. The first-order chi connectivity index (χ1) is 5.65. The van der Waals surface area contributed by atoms with Crippen LogP contribution in [0.1, 0.15) is 10.5 Å². The van der Waals surface area contributed by atoms with Crippen molar-refractivity contribution < 1.29 is 14.6 Å². The number of methoxy groups -OCH3 is 1. The van der Waals surface area contributed by atoms with Gasteiger partial charge in [-0.2, -0.15) is 0 Å². The molecule has 1 aromatic heterocycles. The van der Waals surface area contributed by atoms with Crippen molar-refractivity contribution in [2.75, 3.05) is 7.11 Å². The van der Waals surface area contributed by atoms with Crippen molar-refractivity contribution in [3.63, 3.8) is 0 Å². The van der Waals surface area contributed by atoms with E-state index in [1.165, 1.54) is 19.4 Å². The molecule has 64 valence electrons. The number of nitrogens with zero attached hydrogens (tertiary/aromatic N) is 1. The van der Waals surface area contributed by atoms with Crippen molar-refractivity contribution in [1.82, 2.24) is 4.98 Å². The molecule has 0 aliphatic heterocycles. The molecular formula is C7H6INO3. The molecule has 1 N–H and O–H groups in total. The molecule has 0 aliphatic carbocycles. The molecule has 5 heteroatoms. The fourth-order valence-electron chi connectivity index (χ4n) is 0.675. The van der Waals surface area contributed by atoms with Crippen LogP contribution in [0, 0.1) is 3.57 Å². The van der Waals surface area contributed by atoms with Crippen LogP contribution in [0.15, 0.2) is 12.3 Å². The number of rotatable bonds is 1. The lowest BCUT2D eigenvalue weighted by atomic mass is 10.3. The van der Waals surface area contributed by atoms with Gasteiger partial charge >= 0.3 is 5.97 Å². The summed E-state index contributed by atoms with van der Waals surface area (Å²) in [5, 5.41) is 8.97. The minimum Gasteiger partial charge on any atom is -0.506 e. The van der Waals surface area contributed by atoms with Gasteiger partial charge in [0.2, 0.25) is 0 Å². The predicted octanol–water partition coefficient (Wildman–Crippen LogP) is 1.18. The van der Waals surface area contributed by atoms with Crippen LogP contribution in [0.4, 0.5) is 0 Å². The molecule has 0 saturated heterocycles. The van der Waals surface area contributed by atoms with Gasteiger partial charge in [0.1, 0.15) is 5.75 Å². The van der Waals surface area contributed by atoms with Gasteiger partial charge < -0.3 is 9.84 Å². The number of hydrogen-bond acceptors (Lipinski definition) is 4. The second kappa shape index (κ2) is 3.70. The third-order valence-corrected chi connectivity index (χ3v) is 2.03. The number of aromatic nitrogens is 1. The maximum Gasteiger partial charge on any atom is 0.357 e. The smallest absolute Gasteiger partial charge is 0.357 e. The number of ether oxygens (including phenoxy) is 1. The first kappa shape index (κ1) is 9.24. The molecule has 0 aliphatic rings. The van der Waals surface area contributed by atoms with Gasteiger partial charge in [-0.3, -0.25) is 0 Å². The third-order valence-electron chi connectivity index (χ3n) is 1.21. The second-order valence-corrected chi connectivity index (χ2v) is 3.18. The number of halogens is 1. The molecule has 0 fully saturated rings. The zero-order chi connectivity index (χ0) is 9.14. The summed E-state index contributed by atoms with van der Waals surface area (Å²) in [6.45, 7) is 0. The van der Waals surface area contributed by atoms with E-state index in [0.717, 1.165) is 0 Å². The Bertz CT molecular complexity index is 314. The van der Waals surface area contributed by atoms with E-state index in [2.05, 4.69) is 9.72 Å². The number of carbonyl (C=O) groups excluding carboxylic acids is 1. The van der Waals surface area contributed by atoms with Crippen LogP contribution >= 0.6 is 22.6 Å². The van der Waals surface area contributed by atoms with E-state index < -0.39 is 5.97 Å². The fraction of sp³-hybridized carbons (Fsp3) is 0.143. The first-order valence-corrected chi connectivity index (χ1v) is 4.16. The van der Waals surface area contributed by atoms with E-state index in [1.54, 1.807) is 0 Å². The number of esters is 1. The van der Waals surface area contributed by atoms with Crippen LogP contribution in [-0.4, -0.2) is 23.2 Å². The molecule has 0 bridgehead atoms. The Kier molecular flexibility index (Phi) is 2.85. The van der Waals surface area contributed by atoms with Crippen molar-refractivity contribution in [2.45, 2.75) is 0 Å². The van der Waals surface area contributed by atoms with Crippen molar-refractivity contribution >= 4 is 28.6 Å². The molecule has 0 spiro atoms. The zero-order valence-corrected chi connectivity index (χ0v) is 8.40. The van der Waals surface area contributed by atoms with Gasteiger partial charge in [-0.05, 0) is 28.7 Å². The van der Waals surface area contributed by atoms with Crippen LogP contribution in [0.2, 0.25) is 0 Å². The molecule has 0 radical (unpaired) electrons. The van der Waals surface area contributed by atoms with E-state index in [0.29, 0.717) is 3.57 Å². The topological polar surface area (TPSA) is 59.4 Å². The van der Waals surface area contributed by atoms with Gasteiger partial charge in [0.05, 0.1) is 13.3 Å². The molecule has 0 atom stereocenters. The summed E-state index contributed by atoms with van der Waals surface area (Å²) >= 11 is 1.90. The molecule has 0 aromatic carbocycles.